The number of hydrogen-bond acceptors (Lipinski definition) is 5. The highest BCUT2D eigenvalue weighted by Crippen LogP contribution is 2.56. The highest BCUT2D eigenvalue weighted by molar-refractivity contribution is 7.99. The summed E-state index contributed by atoms with van der Waals surface area (Å²) >= 11 is 1.84. The van der Waals surface area contributed by atoms with Crippen molar-refractivity contribution in [3.8, 4) is 56.5 Å². The van der Waals surface area contributed by atoms with E-state index in [0.717, 1.165) is 44.5 Å². The van der Waals surface area contributed by atoms with Crippen LogP contribution in [0.1, 0.15) is 22.3 Å². The summed E-state index contributed by atoms with van der Waals surface area (Å²) in [7, 11) is 0. The molecule has 10 aromatic rings. The molecule has 3 heterocycles. The lowest BCUT2D eigenvalue weighted by atomic mass is 9.64. The number of nitrogens with zero attached hydrogens (tertiary/aromatic N) is 4. The largest absolute Gasteiger partial charge is 0.256 e. The predicted molar refractivity (Wildman–Crippen MR) is 245 cm³/mol. The van der Waals surface area contributed by atoms with E-state index < -0.39 is 5.41 Å². The Morgan fingerprint density at radius 1 is 0.350 bits per heavy atom. The number of aromatic nitrogens is 4. The van der Waals surface area contributed by atoms with Crippen LogP contribution in [0.5, 0.6) is 0 Å². The number of hydrogen-bond donors (Lipinski definition) is 0. The van der Waals surface area contributed by atoms with E-state index in [-0.39, 0.29) is 0 Å². The van der Waals surface area contributed by atoms with E-state index in [1.54, 1.807) is 0 Å². The number of pyridine rings is 1. The normalized spacial score (nSPS) is 12.7. The smallest absolute Gasteiger partial charge is 0.164 e. The van der Waals surface area contributed by atoms with Gasteiger partial charge in [-0.3, -0.25) is 4.98 Å². The van der Waals surface area contributed by atoms with Gasteiger partial charge in [0, 0.05) is 43.6 Å². The molecule has 0 N–H and O–H groups in total. The van der Waals surface area contributed by atoms with Gasteiger partial charge in [0.15, 0.2) is 17.5 Å². The summed E-state index contributed by atoms with van der Waals surface area (Å²) in [6.07, 6.45) is 1.90. The topological polar surface area (TPSA) is 51.6 Å². The van der Waals surface area contributed by atoms with Crippen LogP contribution in [-0.2, 0) is 5.41 Å². The van der Waals surface area contributed by atoms with E-state index in [2.05, 4.69) is 152 Å². The second kappa shape index (κ2) is 15.0. The van der Waals surface area contributed by atoms with Crippen molar-refractivity contribution in [3.05, 3.63) is 241 Å². The Hall–Kier alpha value is -7.47. The lowest BCUT2D eigenvalue weighted by Gasteiger charge is -2.42. The lowest BCUT2D eigenvalue weighted by molar-refractivity contribution is 0.703. The molecule has 0 atom stereocenters. The molecule has 4 nitrogen and oxygen atoms in total. The summed E-state index contributed by atoms with van der Waals surface area (Å²) in [6.45, 7) is 0. The van der Waals surface area contributed by atoms with Crippen molar-refractivity contribution in [1.82, 2.24) is 19.9 Å². The summed E-state index contributed by atoms with van der Waals surface area (Å²) in [6, 6.07) is 75.3. The Bertz CT molecular complexity index is 3060. The van der Waals surface area contributed by atoms with Gasteiger partial charge in [0.2, 0.25) is 0 Å². The number of benzene rings is 8. The average Bonchev–Trinajstić information content (AvgIpc) is 3.33. The fourth-order valence-corrected chi connectivity index (χ4v) is 9.89. The van der Waals surface area contributed by atoms with Gasteiger partial charge in [0.1, 0.15) is 0 Å². The molecule has 1 aliphatic heterocycles. The third-order valence-electron chi connectivity index (χ3n) is 11.5. The Morgan fingerprint density at radius 2 is 0.817 bits per heavy atom. The van der Waals surface area contributed by atoms with Crippen LogP contribution in [0.25, 0.3) is 67.3 Å². The standard InChI is InChI=1S/C55H36N4S/c1-3-15-39(16-4-1)52-57-53(40-17-5-2-6-18-40)59-54(58-52)41-28-32-45(33-29-41)55(47-22-9-11-24-49(47)60-50-25-12-10-23-48(50)55)44-30-26-37(27-31-44)42-19-13-20-43(36-42)51-46-21-8-7-14-38(46)34-35-56-51/h1-36H. The fraction of sp³-hybridized carbons (Fsp3) is 0.0182. The van der Waals surface area contributed by atoms with Crippen molar-refractivity contribution >= 4 is 22.5 Å². The van der Waals surface area contributed by atoms with E-state index in [4.69, 9.17) is 19.9 Å². The lowest BCUT2D eigenvalue weighted by Crippen LogP contribution is -2.34. The fourth-order valence-electron chi connectivity index (χ4n) is 8.70. The monoisotopic (exact) mass is 784 g/mol. The molecule has 11 rings (SSSR count). The molecule has 8 aromatic carbocycles. The van der Waals surface area contributed by atoms with Crippen LogP contribution >= 0.6 is 11.8 Å². The van der Waals surface area contributed by atoms with Crippen molar-refractivity contribution in [2.75, 3.05) is 0 Å². The van der Waals surface area contributed by atoms with Crippen molar-refractivity contribution < 1.29 is 0 Å². The molecule has 0 unspecified atom stereocenters. The molecule has 0 fully saturated rings. The van der Waals surface area contributed by atoms with Gasteiger partial charge in [-0.2, -0.15) is 0 Å². The number of rotatable bonds is 7. The van der Waals surface area contributed by atoms with E-state index >= 15 is 0 Å². The maximum Gasteiger partial charge on any atom is 0.164 e. The maximum atomic E-state index is 5.04. The van der Waals surface area contributed by atoms with Crippen molar-refractivity contribution in [2.24, 2.45) is 0 Å². The summed E-state index contributed by atoms with van der Waals surface area (Å²) in [5.41, 5.74) is 11.5. The Morgan fingerprint density at radius 3 is 1.42 bits per heavy atom. The van der Waals surface area contributed by atoms with Gasteiger partial charge in [-0.05, 0) is 63.0 Å². The third kappa shape index (κ3) is 6.19. The molecule has 0 amide bonds. The second-order valence-electron chi connectivity index (χ2n) is 15.0. The Balaban J connectivity index is 1.05. The molecular formula is C55H36N4S. The summed E-state index contributed by atoms with van der Waals surface area (Å²) in [4.78, 5) is 22.3. The van der Waals surface area contributed by atoms with Gasteiger partial charge >= 0.3 is 0 Å². The van der Waals surface area contributed by atoms with Crippen LogP contribution in [0.3, 0.4) is 0 Å². The minimum atomic E-state index is -0.590. The zero-order valence-corrected chi connectivity index (χ0v) is 33.3. The van der Waals surface area contributed by atoms with Crippen LogP contribution in [0, 0.1) is 0 Å². The summed E-state index contributed by atoms with van der Waals surface area (Å²) in [5, 5.41) is 2.33. The highest BCUT2D eigenvalue weighted by Gasteiger charge is 2.44. The molecule has 0 bridgehead atoms. The molecule has 0 radical (unpaired) electrons. The molecule has 0 aliphatic carbocycles. The zero-order valence-electron chi connectivity index (χ0n) is 32.5. The first-order valence-corrected chi connectivity index (χ1v) is 20.9. The minimum absolute atomic E-state index is 0.590. The SMILES string of the molecule is c1ccc(-c2nc(-c3ccccc3)nc(-c3ccc(C4(c5ccc(-c6cccc(-c7nccc8ccccc78)c6)cc5)c5ccccc5Sc5ccccc54)cc3)n2)cc1. The first kappa shape index (κ1) is 35.7. The van der Waals surface area contributed by atoms with Crippen LogP contribution in [0.15, 0.2) is 228 Å². The van der Waals surface area contributed by atoms with Gasteiger partial charge in [0.05, 0.1) is 11.1 Å². The summed E-state index contributed by atoms with van der Waals surface area (Å²) in [5.74, 6) is 1.92. The molecule has 0 spiro atoms. The van der Waals surface area contributed by atoms with E-state index in [1.807, 2.05) is 78.6 Å². The second-order valence-corrected chi connectivity index (χ2v) is 16.1. The Kier molecular flexibility index (Phi) is 8.94. The van der Waals surface area contributed by atoms with Gasteiger partial charge in [-0.15, -0.1) is 0 Å². The predicted octanol–water partition coefficient (Wildman–Crippen LogP) is 13.6. The number of fused-ring (bicyclic) bond motifs is 3. The minimum Gasteiger partial charge on any atom is -0.256 e. The Labute approximate surface area is 353 Å². The van der Waals surface area contributed by atoms with Gasteiger partial charge in [-0.25, -0.2) is 15.0 Å². The van der Waals surface area contributed by atoms with E-state index in [9.17, 15) is 0 Å². The zero-order chi connectivity index (χ0) is 39.9. The third-order valence-corrected chi connectivity index (χ3v) is 12.7. The highest BCUT2D eigenvalue weighted by atomic mass is 32.2. The average molecular weight is 785 g/mol. The van der Waals surface area contributed by atoms with E-state index in [1.165, 1.54) is 37.4 Å². The van der Waals surface area contributed by atoms with Gasteiger partial charge in [0.25, 0.3) is 0 Å². The maximum absolute atomic E-state index is 5.04. The molecule has 282 valence electrons. The molecule has 5 heteroatoms. The molecule has 0 saturated heterocycles. The van der Waals surface area contributed by atoms with Crippen molar-refractivity contribution in [1.29, 1.82) is 0 Å². The summed E-state index contributed by atoms with van der Waals surface area (Å²) < 4.78 is 0. The van der Waals surface area contributed by atoms with Crippen molar-refractivity contribution in [3.63, 3.8) is 0 Å². The van der Waals surface area contributed by atoms with Crippen LogP contribution in [-0.4, -0.2) is 19.9 Å². The van der Waals surface area contributed by atoms with Crippen LogP contribution in [0.4, 0.5) is 0 Å². The first-order valence-electron chi connectivity index (χ1n) is 20.1. The first-order chi connectivity index (χ1) is 29.7. The molecule has 2 aromatic heterocycles. The molecule has 60 heavy (non-hydrogen) atoms. The molecular weight excluding hydrogens is 749 g/mol. The molecule has 0 saturated carbocycles. The van der Waals surface area contributed by atoms with Crippen LogP contribution < -0.4 is 0 Å². The van der Waals surface area contributed by atoms with Crippen molar-refractivity contribution in [2.45, 2.75) is 15.2 Å². The van der Waals surface area contributed by atoms with E-state index in [0.29, 0.717) is 17.5 Å². The van der Waals surface area contributed by atoms with Crippen LogP contribution in [0.2, 0.25) is 0 Å². The van der Waals surface area contributed by atoms with Gasteiger partial charge in [-0.1, -0.05) is 200 Å². The quantitative estimate of drug-likeness (QED) is 0.161. The molecule has 1 aliphatic rings. The van der Waals surface area contributed by atoms with Gasteiger partial charge < -0.3 is 0 Å².